The van der Waals surface area contributed by atoms with Crippen molar-refractivity contribution in [3.63, 3.8) is 0 Å². The number of fused-ring (bicyclic) bond motifs is 1. The number of imide groups is 1. The number of hydrogen-bond acceptors (Lipinski definition) is 5. The average molecular weight is 283 g/mol. The number of carbonyl (C=O) groups is 2. The van der Waals surface area contributed by atoms with Crippen molar-refractivity contribution in [3.8, 4) is 5.75 Å². The highest BCUT2D eigenvalue weighted by atomic mass is 16.5. The van der Waals surface area contributed by atoms with Gasteiger partial charge in [-0.25, -0.2) is 4.90 Å². The Balaban J connectivity index is 2.20. The topological polar surface area (TPSA) is 85.5 Å². The van der Waals surface area contributed by atoms with Crippen LogP contribution in [-0.4, -0.2) is 23.9 Å². The second kappa shape index (κ2) is 4.99. The number of carbonyl (C=O) groups excluding carboxylic acids is 2. The van der Waals surface area contributed by atoms with Gasteiger partial charge in [0.15, 0.2) is 0 Å². The van der Waals surface area contributed by atoms with E-state index in [1.54, 1.807) is 18.2 Å². The van der Waals surface area contributed by atoms with Gasteiger partial charge in [0, 0.05) is 18.9 Å². The number of anilines is 1. The first-order valence-corrected chi connectivity index (χ1v) is 6.37. The molecule has 2 N–H and O–H groups in total. The first-order chi connectivity index (χ1) is 10.2. The summed E-state index contributed by atoms with van der Waals surface area (Å²) in [4.78, 5) is 30.0. The molecular formula is C15H13N3O3. The van der Waals surface area contributed by atoms with Crippen LogP contribution >= 0.6 is 0 Å². The van der Waals surface area contributed by atoms with Gasteiger partial charge in [0.1, 0.15) is 5.75 Å². The van der Waals surface area contributed by atoms with Gasteiger partial charge in [0.2, 0.25) is 0 Å². The van der Waals surface area contributed by atoms with Crippen molar-refractivity contribution < 1.29 is 14.3 Å². The van der Waals surface area contributed by atoms with Crippen LogP contribution in [0.1, 0.15) is 26.3 Å². The largest absolute Gasteiger partial charge is 0.495 e. The Morgan fingerprint density at radius 2 is 1.95 bits per heavy atom. The number of para-hydroxylation sites is 1. The third-order valence-electron chi connectivity index (χ3n) is 3.43. The van der Waals surface area contributed by atoms with Gasteiger partial charge in [0.25, 0.3) is 11.8 Å². The predicted molar refractivity (Wildman–Crippen MR) is 76.3 cm³/mol. The molecule has 1 aliphatic heterocycles. The lowest BCUT2D eigenvalue weighted by atomic mass is 10.1. The maximum atomic E-state index is 12.5. The molecule has 0 radical (unpaired) electrons. The quantitative estimate of drug-likeness (QED) is 0.859. The van der Waals surface area contributed by atoms with Crippen LogP contribution in [-0.2, 0) is 6.54 Å². The van der Waals surface area contributed by atoms with Crippen LogP contribution in [0.4, 0.5) is 5.69 Å². The summed E-state index contributed by atoms with van der Waals surface area (Å²) in [6.45, 7) is 0.193. The van der Waals surface area contributed by atoms with Crippen molar-refractivity contribution in [1.29, 1.82) is 0 Å². The molecular weight excluding hydrogens is 270 g/mol. The molecule has 0 aliphatic carbocycles. The van der Waals surface area contributed by atoms with Gasteiger partial charge in [-0.2, -0.15) is 0 Å². The van der Waals surface area contributed by atoms with Crippen molar-refractivity contribution >= 4 is 17.5 Å². The zero-order valence-corrected chi connectivity index (χ0v) is 11.4. The Morgan fingerprint density at radius 1 is 1.19 bits per heavy atom. The molecule has 0 spiro atoms. The monoisotopic (exact) mass is 283 g/mol. The first-order valence-electron chi connectivity index (χ1n) is 6.37. The van der Waals surface area contributed by atoms with Crippen LogP contribution < -0.4 is 15.4 Å². The van der Waals surface area contributed by atoms with Crippen molar-refractivity contribution in [1.82, 2.24) is 4.98 Å². The van der Waals surface area contributed by atoms with Crippen molar-refractivity contribution in [2.75, 3.05) is 12.0 Å². The van der Waals surface area contributed by atoms with E-state index in [-0.39, 0.29) is 12.1 Å². The number of methoxy groups -OCH3 is 1. The average Bonchev–Trinajstić information content (AvgIpc) is 2.78. The number of benzene rings is 1. The van der Waals surface area contributed by atoms with Gasteiger partial charge >= 0.3 is 0 Å². The van der Waals surface area contributed by atoms with Gasteiger partial charge in [-0.05, 0) is 17.7 Å². The number of rotatable bonds is 3. The second-order valence-corrected chi connectivity index (χ2v) is 4.54. The zero-order valence-electron chi connectivity index (χ0n) is 11.4. The number of ether oxygens (including phenoxy) is 1. The molecule has 0 saturated heterocycles. The lowest BCUT2D eigenvalue weighted by Gasteiger charge is -2.20. The predicted octanol–water partition coefficient (Wildman–Crippen LogP) is 1.35. The lowest BCUT2D eigenvalue weighted by molar-refractivity contribution is 0.0925. The molecule has 0 atom stereocenters. The summed E-state index contributed by atoms with van der Waals surface area (Å²) in [6.07, 6.45) is 2.88. The third kappa shape index (κ3) is 1.88. The highest BCUT2D eigenvalue weighted by Gasteiger charge is 2.39. The van der Waals surface area contributed by atoms with Crippen LogP contribution in [0.3, 0.4) is 0 Å². The van der Waals surface area contributed by atoms with Crippen molar-refractivity contribution in [2.24, 2.45) is 5.73 Å². The van der Waals surface area contributed by atoms with Crippen LogP contribution in [0.25, 0.3) is 0 Å². The summed E-state index contributed by atoms with van der Waals surface area (Å²) in [5, 5.41) is 0. The fourth-order valence-electron chi connectivity index (χ4n) is 2.44. The molecule has 3 rings (SSSR count). The summed E-state index contributed by atoms with van der Waals surface area (Å²) >= 11 is 0. The van der Waals surface area contributed by atoms with E-state index in [0.29, 0.717) is 22.6 Å². The Labute approximate surface area is 121 Å². The molecule has 0 bridgehead atoms. The third-order valence-corrected chi connectivity index (χ3v) is 3.43. The minimum atomic E-state index is -0.415. The molecule has 2 amide bonds. The summed E-state index contributed by atoms with van der Waals surface area (Å²) in [6, 6.07) is 6.76. The van der Waals surface area contributed by atoms with E-state index < -0.39 is 11.8 Å². The molecule has 1 aromatic heterocycles. The first kappa shape index (κ1) is 13.3. The minimum Gasteiger partial charge on any atom is -0.495 e. The Kier molecular flexibility index (Phi) is 3.15. The van der Waals surface area contributed by atoms with E-state index in [4.69, 9.17) is 10.5 Å². The molecule has 21 heavy (non-hydrogen) atoms. The fraction of sp³-hybridized carbons (Fsp3) is 0.133. The molecule has 2 heterocycles. The summed E-state index contributed by atoms with van der Waals surface area (Å²) < 4.78 is 5.28. The van der Waals surface area contributed by atoms with Gasteiger partial charge < -0.3 is 10.5 Å². The van der Waals surface area contributed by atoms with Crippen LogP contribution in [0.15, 0.2) is 36.7 Å². The van der Waals surface area contributed by atoms with Crippen molar-refractivity contribution in [2.45, 2.75) is 6.54 Å². The van der Waals surface area contributed by atoms with Gasteiger partial charge in [-0.15, -0.1) is 0 Å². The molecule has 6 nitrogen and oxygen atoms in total. The Hall–Kier alpha value is -2.73. The second-order valence-electron chi connectivity index (χ2n) is 4.54. The number of amides is 2. The maximum absolute atomic E-state index is 12.5. The molecule has 1 aromatic carbocycles. The SMILES string of the molecule is COc1cccc(CN)c1N1C(=O)c2ccncc2C1=O. The summed E-state index contributed by atoms with van der Waals surface area (Å²) in [5.74, 6) is -0.376. The van der Waals surface area contributed by atoms with Crippen LogP contribution in [0.5, 0.6) is 5.75 Å². The highest BCUT2D eigenvalue weighted by Crippen LogP contribution is 2.37. The Morgan fingerprint density at radius 3 is 2.62 bits per heavy atom. The Bertz CT molecular complexity index is 685. The smallest absolute Gasteiger partial charge is 0.267 e. The summed E-state index contributed by atoms with van der Waals surface area (Å²) in [5.41, 5.74) is 7.41. The molecule has 0 saturated carbocycles. The fourth-order valence-corrected chi connectivity index (χ4v) is 2.44. The number of hydrogen-bond donors (Lipinski definition) is 1. The molecule has 2 aromatic rings. The number of pyridine rings is 1. The van der Waals surface area contributed by atoms with Crippen molar-refractivity contribution in [3.05, 3.63) is 53.3 Å². The van der Waals surface area contributed by atoms with E-state index in [0.717, 1.165) is 4.90 Å². The van der Waals surface area contributed by atoms with E-state index in [9.17, 15) is 9.59 Å². The standard InChI is InChI=1S/C15H13N3O3/c1-21-12-4-2-3-9(7-16)13(12)18-14(19)10-5-6-17-8-11(10)15(18)20/h2-6,8H,7,16H2,1H3. The molecule has 6 heteroatoms. The number of aromatic nitrogens is 1. The van der Waals surface area contributed by atoms with Crippen LogP contribution in [0.2, 0.25) is 0 Å². The zero-order chi connectivity index (χ0) is 15.0. The minimum absolute atomic E-state index is 0.193. The van der Waals surface area contributed by atoms with E-state index in [1.807, 2.05) is 0 Å². The maximum Gasteiger partial charge on any atom is 0.267 e. The molecule has 106 valence electrons. The van der Waals surface area contributed by atoms with Gasteiger partial charge in [0.05, 0.1) is 23.9 Å². The lowest BCUT2D eigenvalue weighted by Crippen LogP contribution is -2.31. The number of nitrogens with zero attached hydrogens (tertiary/aromatic N) is 2. The summed E-state index contributed by atoms with van der Waals surface area (Å²) in [7, 11) is 1.48. The van der Waals surface area contributed by atoms with Gasteiger partial charge in [-0.3, -0.25) is 14.6 Å². The van der Waals surface area contributed by atoms with Gasteiger partial charge in [-0.1, -0.05) is 12.1 Å². The molecule has 1 aliphatic rings. The molecule has 0 fully saturated rings. The van der Waals surface area contributed by atoms with E-state index in [1.165, 1.54) is 25.6 Å². The van der Waals surface area contributed by atoms with E-state index in [2.05, 4.69) is 4.98 Å². The van der Waals surface area contributed by atoms with E-state index >= 15 is 0 Å². The number of nitrogens with two attached hydrogens (primary N) is 1. The van der Waals surface area contributed by atoms with Crippen LogP contribution in [0, 0.1) is 0 Å². The normalized spacial score (nSPS) is 13.5. The highest BCUT2D eigenvalue weighted by molar-refractivity contribution is 6.35. The molecule has 0 unspecified atom stereocenters.